The molecule has 2 rings (SSSR count). The molecule has 2 aromatic rings. The number of hydrogen-bond acceptors (Lipinski definition) is 11. The molecule has 0 aliphatic carbocycles. The highest BCUT2D eigenvalue weighted by atomic mass is 32.2. The number of rotatable bonds is 6. The first-order chi connectivity index (χ1) is 11.9. The van der Waals surface area contributed by atoms with Crippen LogP contribution in [0.25, 0.3) is 0 Å². The largest absolute Gasteiger partial charge is 0.368 e. The van der Waals surface area contributed by atoms with Crippen molar-refractivity contribution < 1.29 is 25.9 Å². The Bertz CT molecular complexity index is 1040. The Morgan fingerprint density at radius 3 is 2.19 bits per heavy atom. The minimum absolute atomic E-state index is 0.0330. The molecule has 0 bridgehead atoms. The standard InChI is InChI=1S/C11H15N7O6S2/c1-5(12)14-10-16-9(13)17-11(18-10)15-7-4-6(25(19,20)21)2-3-8(7)26(22,23)24/h2-5H,12H2,1H3,(H,19,20,21)(H,22,23,24)(H4,13,14,15,16,17,18). The summed E-state index contributed by atoms with van der Waals surface area (Å²) in [5.41, 5.74) is 10.7. The van der Waals surface area contributed by atoms with Gasteiger partial charge in [-0.25, -0.2) is 0 Å². The first-order valence-electron chi connectivity index (χ1n) is 6.76. The van der Waals surface area contributed by atoms with Crippen molar-refractivity contribution in [3.8, 4) is 0 Å². The Morgan fingerprint density at radius 2 is 1.65 bits per heavy atom. The van der Waals surface area contributed by atoms with E-state index in [4.69, 9.17) is 16.0 Å². The fourth-order valence-corrected chi connectivity index (χ4v) is 2.96. The molecule has 1 aromatic heterocycles. The van der Waals surface area contributed by atoms with Gasteiger partial charge in [0.2, 0.25) is 17.8 Å². The van der Waals surface area contributed by atoms with Crippen molar-refractivity contribution in [3.05, 3.63) is 18.2 Å². The molecular weight excluding hydrogens is 390 g/mol. The average Bonchev–Trinajstić information content (AvgIpc) is 2.43. The van der Waals surface area contributed by atoms with E-state index >= 15 is 0 Å². The van der Waals surface area contributed by atoms with Crippen LogP contribution in [0.3, 0.4) is 0 Å². The summed E-state index contributed by atoms with van der Waals surface area (Å²) in [5, 5.41) is 5.05. The summed E-state index contributed by atoms with van der Waals surface area (Å²) in [7, 11) is -9.37. The third kappa shape index (κ3) is 4.96. The van der Waals surface area contributed by atoms with E-state index in [9.17, 15) is 21.4 Å². The molecule has 26 heavy (non-hydrogen) atoms. The Hall–Kier alpha value is -2.59. The molecule has 0 radical (unpaired) electrons. The van der Waals surface area contributed by atoms with Crippen molar-refractivity contribution in [1.82, 2.24) is 15.0 Å². The summed E-state index contributed by atoms with van der Waals surface area (Å²) >= 11 is 0. The SMILES string of the molecule is CC(N)Nc1nc(N)nc(Nc2cc(S(=O)(=O)O)ccc2S(=O)(=O)O)n1. The number of nitrogens with one attached hydrogen (secondary N) is 2. The highest BCUT2D eigenvalue weighted by molar-refractivity contribution is 7.86. The van der Waals surface area contributed by atoms with Crippen LogP contribution in [0.4, 0.5) is 23.5 Å². The number of nitrogen functional groups attached to an aromatic ring is 1. The zero-order valence-corrected chi connectivity index (χ0v) is 14.8. The monoisotopic (exact) mass is 405 g/mol. The minimum Gasteiger partial charge on any atom is -0.368 e. The van der Waals surface area contributed by atoms with E-state index < -0.39 is 41.9 Å². The molecule has 1 unspecified atom stereocenters. The molecule has 0 fully saturated rings. The van der Waals surface area contributed by atoms with E-state index in [-0.39, 0.29) is 17.8 Å². The van der Waals surface area contributed by atoms with Gasteiger partial charge < -0.3 is 22.1 Å². The number of benzene rings is 1. The number of anilines is 4. The van der Waals surface area contributed by atoms with Gasteiger partial charge in [0, 0.05) is 0 Å². The lowest BCUT2D eigenvalue weighted by Crippen LogP contribution is -2.26. The molecule has 0 saturated heterocycles. The maximum absolute atomic E-state index is 11.5. The predicted octanol–water partition coefficient (Wildman–Crippen LogP) is -0.593. The van der Waals surface area contributed by atoms with Gasteiger partial charge in [-0.1, -0.05) is 0 Å². The van der Waals surface area contributed by atoms with Crippen LogP contribution in [0, 0.1) is 0 Å². The van der Waals surface area contributed by atoms with Crippen molar-refractivity contribution in [3.63, 3.8) is 0 Å². The molecule has 0 saturated carbocycles. The van der Waals surface area contributed by atoms with Gasteiger partial charge in [-0.15, -0.1) is 0 Å². The fraction of sp³-hybridized carbons (Fsp3) is 0.182. The lowest BCUT2D eigenvalue weighted by atomic mass is 10.3. The summed E-state index contributed by atoms with van der Waals surface area (Å²) in [6, 6.07) is 2.36. The van der Waals surface area contributed by atoms with Crippen LogP contribution in [0.2, 0.25) is 0 Å². The lowest BCUT2D eigenvalue weighted by molar-refractivity contribution is 0.479. The molecule has 1 atom stereocenters. The molecule has 1 aromatic carbocycles. The van der Waals surface area contributed by atoms with Crippen molar-refractivity contribution in [1.29, 1.82) is 0 Å². The second kappa shape index (κ2) is 6.96. The highest BCUT2D eigenvalue weighted by Gasteiger charge is 2.21. The van der Waals surface area contributed by atoms with Gasteiger partial charge >= 0.3 is 0 Å². The van der Waals surface area contributed by atoms with Gasteiger partial charge in [0.15, 0.2) is 0 Å². The van der Waals surface area contributed by atoms with Crippen molar-refractivity contribution >= 4 is 43.8 Å². The Morgan fingerprint density at radius 1 is 1.04 bits per heavy atom. The van der Waals surface area contributed by atoms with Gasteiger partial charge in [-0.3, -0.25) is 9.11 Å². The van der Waals surface area contributed by atoms with E-state index in [0.29, 0.717) is 0 Å². The first kappa shape index (κ1) is 19.7. The molecule has 0 aliphatic heterocycles. The highest BCUT2D eigenvalue weighted by Crippen LogP contribution is 2.27. The number of hydrogen-bond donors (Lipinski definition) is 6. The summed E-state index contributed by atoms with van der Waals surface area (Å²) in [4.78, 5) is 10.1. The number of nitrogens with two attached hydrogens (primary N) is 2. The van der Waals surface area contributed by atoms with Crippen molar-refractivity contribution in [2.75, 3.05) is 16.4 Å². The molecule has 8 N–H and O–H groups in total. The van der Waals surface area contributed by atoms with E-state index in [1.807, 2.05) is 0 Å². The van der Waals surface area contributed by atoms with Gasteiger partial charge in [0.1, 0.15) is 4.90 Å². The second-order valence-corrected chi connectivity index (χ2v) is 7.82. The van der Waals surface area contributed by atoms with Gasteiger partial charge in [0.05, 0.1) is 16.7 Å². The van der Waals surface area contributed by atoms with Gasteiger partial charge in [-0.05, 0) is 25.1 Å². The second-order valence-electron chi connectivity index (χ2n) is 5.01. The lowest BCUT2D eigenvalue weighted by Gasteiger charge is -2.12. The maximum atomic E-state index is 11.5. The Kier molecular flexibility index (Phi) is 5.28. The van der Waals surface area contributed by atoms with E-state index in [1.165, 1.54) is 0 Å². The van der Waals surface area contributed by atoms with Crippen LogP contribution in [0.15, 0.2) is 28.0 Å². The summed E-state index contributed by atoms with van der Waals surface area (Å²) < 4.78 is 63.9. The van der Waals surface area contributed by atoms with Crippen LogP contribution in [-0.4, -0.2) is 47.1 Å². The van der Waals surface area contributed by atoms with E-state index in [1.54, 1.807) is 6.92 Å². The minimum atomic E-state index is -4.73. The molecule has 0 aliphatic rings. The quantitative estimate of drug-likeness (QED) is 0.261. The van der Waals surface area contributed by atoms with E-state index in [0.717, 1.165) is 18.2 Å². The Balaban J connectivity index is 2.56. The third-order valence-electron chi connectivity index (χ3n) is 2.78. The molecular formula is C11H15N7O6S2. The number of aromatic nitrogens is 3. The molecule has 0 spiro atoms. The smallest absolute Gasteiger partial charge is 0.296 e. The Labute approximate surface area is 148 Å². The van der Waals surface area contributed by atoms with Crippen LogP contribution in [-0.2, 0) is 20.2 Å². The predicted molar refractivity (Wildman–Crippen MR) is 90.9 cm³/mol. The van der Waals surface area contributed by atoms with Crippen LogP contribution >= 0.6 is 0 Å². The molecule has 0 amide bonds. The summed E-state index contributed by atoms with van der Waals surface area (Å²) in [5.74, 6) is -0.544. The zero-order valence-electron chi connectivity index (χ0n) is 13.1. The van der Waals surface area contributed by atoms with E-state index in [2.05, 4.69) is 25.6 Å². The van der Waals surface area contributed by atoms with Gasteiger partial charge in [0.25, 0.3) is 20.2 Å². The first-order valence-corrected chi connectivity index (χ1v) is 9.64. The molecule has 15 heteroatoms. The molecule has 1 heterocycles. The average molecular weight is 405 g/mol. The third-order valence-corrected chi connectivity index (χ3v) is 4.54. The van der Waals surface area contributed by atoms with Crippen LogP contribution in [0.1, 0.15) is 6.92 Å². The topological polar surface area (TPSA) is 224 Å². The summed E-state index contributed by atoms with van der Waals surface area (Å²) in [6.07, 6.45) is -0.541. The maximum Gasteiger partial charge on any atom is 0.296 e. The fourth-order valence-electron chi connectivity index (χ4n) is 1.83. The normalized spacial score (nSPS) is 13.2. The van der Waals surface area contributed by atoms with Crippen molar-refractivity contribution in [2.24, 2.45) is 5.73 Å². The zero-order chi connectivity index (χ0) is 19.7. The van der Waals surface area contributed by atoms with Crippen LogP contribution < -0.4 is 22.1 Å². The number of nitrogens with zero attached hydrogens (tertiary/aromatic N) is 3. The van der Waals surface area contributed by atoms with Crippen LogP contribution in [0.5, 0.6) is 0 Å². The van der Waals surface area contributed by atoms with Crippen molar-refractivity contribution in [2.45, 2.75) is 22.9 Å². The molecule has 142 valence electrons. The molecule has 13 nitrogen and oxygen atoms in total. The van der Waals surface area contributed by atoms with Gasteiger partial charge in [-0.2, -0.15) is 31.8 Å². The summed E-state index contributed by atoms with van der Waals surface area (Å²) in [6.45, 7) is 1.60.